The van der Waals surface area contributed by atoms with E-state index in [1.165, 1.54) is 0 Å². The summed E-state index contributed by atoms with van der Waals surface area (Å²) in [6.45, 7) is 11.8. The Kier molecular flexibility index (Phi) is 5.77. The highest BCUT2D eigenvalue weighted by Gasteiger charge is 2.27. The summed E-state index contributed by atoms with van der Waals surface area (Å²) in [6.07, 6.45) is 0. The zero-order chi connectivity index (χ0) is 16.2. The molecule has 22 heavy (non-hydrogen) atoms. The number of amidine groups is 1. The van der Waals surface area contributed by atoms with Crippen LogP contribution in [0.5, 0.6) is 0 Å². The minimum Gasteiger partial charge on any atom is -0.388 e. The van der Waals surface area contributed by atoms with Crippen molar-refractivity contribution in [2.24, 2.45) is 10.9 Å². The number of morpholine rings is 1. The molecule has 1 saturated heterocycles. The van der Waals surface area contributed by atoms with Crippen LogP contribution in [0.4, 0.5) is 0 Å². The van der Waals surface area contributed by atoms with Crippen LogP contribution in [0.15, 0.2) is 10.5 Å². The Balaban J connectivity index is 1.77. The first-order valence-corrected chi connectivity index (χ1v) is 8.48. The molecule has 1 aromatic rings. The fraction of sp³-hybridized carbons (Fsp3) is 0.733. The highest BCUT2D eigenvalue weighted by atomic mass is 32.1. The minimum absolute atomic E-state index is 0.132. The molecule has 2 rings (SSSR count). The molecule has 0 radical (unpaired) electrons. The van der Waals surface area contributed by atoms with Gasteiger partial charge in [-0.25, -0.2) is 4.98 Å². The van der Waals surface area contributed by atoms with Crippen molar-refractivity contribution in [2.75, 3.05) is 26.2 Å². The maximum atomic E-state index is 5.94. The van der Waals surface area contributed by atoms with Gasteiger partial charge in [0.2, 0.25) is 0 Å². The number of thiazole rings is 1. The van der Waals surface area contributed by atoms with Crippen LogP contribution in [0, 0.1) is 0 Å². The van der Waals surface area contributed by atoms with E-state index < -0.39 is 0 Å². The molecule has 0 bridgehead atoms. The number of ether oxygens (including phenoxy) is 1. The van der Waals surface area contributed by atoms with Crippen LogP contribution >= 0.6 is 11.3 Å². The lowest BCUT2D eigenvalue weighted by molar-refractivity contribution is -0.0821. The molecule has 0 unspecified atom stereocenters. The average molecular weight is 326 g/mol. The van der Waals surface area contributed by atoms with Crippen molar-refractivity contribution in [1.82, 2.24) is 9.88 Å². The van der Waals surface area contributed by atoms with Gasteiger partial charge in [0.25, 0.3) is 0 Å². The lowest BCUT2D eigenvalue weighted by Gasteiger charge is -2.37. The molecule has 0 saturated carbocycles. The van der Waals surface area contributed by atoms with Gasteiger partial charge in [-0.3, -0.25) is 4.90 Å². The van der Waals surface area contributed by atoms with E-state index in [1.54, 1.807) is 11.3 Å². The molecule has 0 spiro atoms. The molecule has 0 amide bonds. The van der Waals surface area contributed by atoms with Gasteiger partial charge in [-0.1, -0.05) is 19.0 Å². The third kappa shape index (κ3) is 5.23. The van der Waals surface area contributed by atoms with Crippen LogP contribution in [0.2, 0.25) is 0 Å². The molecule has 2 N–H and O–H groups in total. The van der Waals surface area contributed by atoms with Gasteiger partial charge in [0.05, 0.1) is 29.5 Å². The Morgan fingerprint density at radius 2 is 2.36 bits per heavy atom. The van der Waals surface area contributed by atoms with E-state index in [0.29, 0.717) is 24.9 Å². The van der Waals surface area contributed by atoms with Gasteiger partial charge in [-0.05, 0) is 13.8 Å². The SMILES string of the molecule is CC(C)c1nc(CO/N=C(\N)CN2CCOC(C)(C)C2)cs1. The van der Waals surface area contributed by atoms with E-state index in [4.69, 9.17) is 15.3 Å². The average Bonchev–Trinajstić information content (AvgIpc) is 2.86. The van der Waals surface area contributed by atoms with Crippen molar-refractivity contribution >= 4 is 17.2 Å². The van der Waals surface area contributed by atoms with Crippen LogP contribution in [-0.4, -0.2) is 47.6 Å². The smallest absolute Gasteiger partial charge is 0.160 e. The van der Waals surface area contributed by atoms with Crippen LogP contribution in [0.1, 0.15) is 44.3 Å². The zero-order valence-corrected chi connectivity index (χ0v) is 14.7. The second-order valence-corrected chi connectivity index (χ2v) is 7.40. The maximum Gasteiger partial charge on any atom is 0.160 e. The molecular weight excluding hydrogens is 300 g/mol. The second-order valence-electron chi connectivity index (χ2n) is 6.51. The highest BCUT2D eigenvalue weighted by molar-refractivity contribution is 7.09. The monoisotopic (exact) mass is 326 g/mol. The van der Waals surface area contributed by atoms with Crippen molar-refractivity contribution in [3.63, 3.8) is 0 Å². The third-order valence-corrected chi connectivity index (χ3v) is 4.54. The van der Waals surface area contributed by atoms with Gasteiger partial charge in [0, 0.05) is 24.4 Å². The normalized spacial score (nSPS) is 19.6. The molecule has 7 heteroatoms. The molecule has 1 aliphatic heterocycles. The summed E-state index contributed by atoms with van der Waals surface area (Å²) < 4.78 is 5.68. The van der Waals surface area contributed by atoms with Crippen molar-refractivity contribution in [1.29, 1.82) is 0 Å². The Labute approximate surface area is 136 Å². The molecule has 0 aliphatic carbocycles. The van der Waals surface area contributed by atoms with E-state index in [-0.39, 0.29) is 5.60 Å². The van der Waals surface area contributed by atoms with Crippen LogP contribution in [0.25, 0.3) is 0 Å². The van der Waals surface area contributed by atoms with Crippen molar-refractivity contribution in [2.45, 2.75) is 45.8 Å². The topological polar surface area (TPSA) is 73.0 Å². The first kappa shape index (κ1) is 17.2. The first-order valence-electron chi connectivity index (χ1n) is 7.60. The predicted molar refractivity (Wildman–Crippen MR) is 89.1 cm³/mol. The Morgan fingerprint density at radius 3 is 3.00 bits per heavy atom. The highest BCUT2D eigenvalue weighted by Crippen LogP contribution is 2.19. The molecule has 1 fully saturated rings. The van der Waals surface area contributed by atoms with Gasteiger partial charge >= 0.3 is 0 Å². The van der Waals surface area contributed by atoms with Gasteiger partial charge in [-0.2, -0.15) is 0 Å². The Bertz CT molecular complexity index is 513. The minimum atomic E-state index is -0.132. The zero-order valence-electron chi connectivity index (χ0n) is 13.8. The number of hydrogen-bond acceptors (Lipinski definition) is 6. The second kappa shape index (κ2) is 7.39. The summed E-state index contributed by atoms with van der Waals surface area (Å²) in [5.41, 5.74) is 6.70. The van der Waals surface area contributed by atoms with Crippen molar-refractivity contribution in [3.8, 4) is 0 Å². The third-order valence-electron chi connectivity index (χ3n) is 3.35. The standard InChI is InChI=1S/C15H26N4O2S/c1-11(2)14-17-12(9-22-14)8-21-18-13(16)7-19-5-6-20-15(3,4)10-19/h9,11H,5-8,10H2,1-4H3,(H2,16,18). The Morgan fingerprint density at radius 1 is 1.59 bits per heavy atom. The number of rotatable bonds is 6. The predicted octanol–water partition coefficient (Wildman–Crippen LogP) is 2.17. The van der Waals surface area contributed by atoms with Crippen molar-refractivity contribution in [3.05, 3.63) is 16.1 Å². The molecular formula is C15H26N4O2S. The number of oxime groups is 1. The summed E-state index contributed by atoms with van der Waals surface area (Å²) in [6, 6.07) is 0. The fourth-order valence-electron chi connectivity index (χ4n) is 2.34. The molecule has 0 atom stereocenters. The summed E-state index contributed by atoms with van der Waals surface area (Å²) >= 11 is 1.65. The van der Waals surface area contributed by atoms with Crippen LogP contribution in [-0.2, 0) is 16.2 Å². The number of nitrogens with zero attached hydrogens (tertiary/aromatic N) is 3. The molecule has 124 valence electrons. The van der Waals surface area contributed by atoms with E-state index in [1.807, 2.05) is 5.38 Å². The van der Waals surface area contributed by atoms with E-state index in [2.05, 4.69) is 42.7 Å². The van der Waals surface area contributed by atoms with Gasteiger partial charge in [0.1, 0.15) is 0 Å². The lowest BCUT2D eigenvalue weighted by atomic mass is 10.1. The molecule has 1 aromatic heterocycles. The molecule has 6 nitrogen and oxygen atoms in total. The largest absolute Gasteiger partial charge is 0.388 e. The lowest BCUT2D eigenvalue weighted by Crippen LogP contribution is -2.50. The number of nitrogens with two attached hydrogens (primary N) is 1. The molecule has 0 aromatic carbocycles. The quantitative estimate of drug-likeness (QED) is 0.493. The van der Waals surface area contributed by atoms with Crippen LogP contribution in [0.3, 0.4) is 0 Å². The van der Waals surface area contributed by atoms with Crippen LogP contribution < -0.4 is 5.73 Å². The number of hydrogen-bond donors (Lipinski definition) is 1. The summed E-state index contributed by atoms with van der Waals surface area (Å²) in [5.74, 6) is 0.925. The van der Waals surface area contributed by atoms with Crippen molar-refractivity contribution < 1.29 is 9.57 Å². The number of aromatic nitrogens is 1. The molecule has 1 aliphatic rings. The fourth-order valence-corrected chi connectivity index (χ4v) is 3.16. The van der Waals surface area contributed by atoms with E-state index in [9.17, 15) is 0 Å². The summed E-state index contributed by atoms with van der Waals surface area (Å²) in [7, 11) is 0. The maximum absolute atomic E-state index is 5.94. The molecule has 2 heterocycles. The van der Waals surface area contributed by atoms with E-state index in [0.717, 1.165) is 30.4 Å². The van der Waals surface area contributed by atoms with E-state index >= 15 is 0 Å². The van der Waals surface area contributed by atoms with Gasteiger partial charge in [0.15, 0.2) is 12.4 Å². The van der Waals surface area contributed by atoms with Gasteiger partial charge in [-0.15, -0.1) is 11.3 Å². The van der Waals surface area contributed by atoms with Gasteiger partial charge < -0.3 is 15.3 Å². The first-order chi connectivity index (χ1) is 10.4. The summed E-state index contributed by atoms with van der Waals surface area (Å²) in [5, 5.41) is 7.11. The summed E-state index contributed by atoms with van der Waals surface area (Å²) in [4.78, 5) is 12.0. The Hall–Kier alpha value is -1.18.